The molecule has 0 aliphatic carbocycles. The highest BCUT2D eigenvalue weighted by Gasteiger charge is 2.41. The number of piperidine rings is 1. The number of imidazole rings is 1. The monoisotopic (exact) mass is 567 g/mol. The van der Waals surface area contributed by atoms with Gasteiger partial charge in [-0.25, -0.2) is 0 Å². The third-order valence-corrected chi connectivity index (χ3v) is 6.76. The number of benzene rings is 2. The van der Waals surface area contributed by atoms with Crippen LogP contribution in [0.2, 0.25) is 5.02 Å². The van der Waals surface area contributed by atoms with Crippen LogP contribution in [0.4, 0.5) is 30.4 Å². The molecule has 0 radical (unpaired) electrons. The first-order valence-corrected chi connectivity index (χ1v) is 12.5. The number of halogens is 4. The molecule has 208 valence electrons. The molecule has 0 bridgehead atoms. The molecular formula is C25H25ClF3N5O5. The van der Waals surface area contributed by atoms with Crippen molar-refractivity contribution in [3.8, 4) is 17.5 Å². The fraction of sp³-hybridized carbons (Fsp3) is 0.400. The van der Waals surface area contributed by atoms with Crippen molar-refractivity contribution >= 4 is 28.8 Å². The maximum Gasteiger partial charge on any atom is 0.573 e. The molecule has 0 amide bonds. The Morgan fingerprint density at radius 2 is 1.95 bits per heavy atom. The van der Waals surface area contributed by atoms with Gasteiger partial charge in [0.25, 0.3) is 0 Å². The summed E-state index contributed by atoms with van der Waals surface area (Å²) in [6.45, 7) is 3.88. The van der Waals surface area contributed by atoms with E-state index in [-0.39, 0.29) is 40.9 Å². The topological polar surface area (TPSA) is 104 Å². The van der Waals surface area contributed by atoms with Crippen molar-refractivity contribution in [2.75, 3.05) is 29.9 Å². The summed E-state index contributed by atoms with van der Waals surface area (Å²) in [5.74, 6) is 0.0418. The maximum atomic E-state index is 12.8. The van der Waals surface area contributed by atoms with Gasteiger partial charge in [0.05, 0.1) is 12.2 Å². The average molecular weight is 568 g/mol. The summed E-state index contributed by atoms with van der Waals surface area (Å²) in [5.41, 5.74) is 0.544. The Morgan fingerprint density at radius 1 is 1.23 bits per heavy atom. The zero-order chi connectivity index (χ0) is 27.8. The highest BCUT2D eigenvalue weighted by Crippen LogP contribution is 2.35. The smallest absolute Gasteiger partial charge is 0.489 e. The summed E-state index contributed by atoms with van der Waals surface area (Å²) in [7, 11) is 0. The van der Waals surface area contributed by atoms with E-state index in [9.17, 15) is 23.3 Å². The maximum absolute atomic E-state index is 12.8. The first-order valence-electron chi connectivity index (χ1n) is 12.2. The average Bonchev–Trinajstić information content (AvgIpc) is 3.40. The van der Waals surface area contributed by atoms with Crippen molar-refractivity contribution < 1.29 is 32.3 Å². The molecule has 3 heterocycles. The fourth-order valence-corrected chi connectivity index (χ4v) is 4.83. The standard InChI is InChI=1S/C25H25ClF3N5O5/c1-24(14-33-13-22(34(35)36)31-23(33)39-24)15-37-19-5-3-18(4-6-19)32-10-8-17(9-11-32)30-20-7-2-16(26)12-21(20)38-25(27,28)29/h2-7,12-13,17,30H,8-11,14-15H2,1H3/t24-/m1/s1. The number of nitrogens with one attached hydrogen (secondary N) is 1. The molecule has 1 aromatic heterocycles. The van der Waals surface area contributed by atoms with Crippen LogP contribution in [-0.2, 0) is 6.54 Å². The number of rotatable bonds is 8. The number of aromatic nitrogens is 2. The molecule has 0 saturated carbocycles. The molecule has 0 spiro atoms. The van der Waals surface area contributed by atoms with Gasteiger partial charge in [-0.15, -0.1) is 13.2 Å². The Hall–Kier alpha value is -3.87. The minimum atomic E-state index is -4.81. The molecule has 1 fully saturated rings. The Kier molecular flexibility index (Phi) is 7.10. The molecule has 2 aromatic carbocycles. The molecule has 0 unspecified atom stereocenters. The first kappa shape index (κ1) is 26.7. The van der Waals surface area contributed by atoms with Gasteiger partial charge in [-0.2, -0.15) is 0 Å². The predicted molar refractivity (Wildman–Crippen MR) is 137 cm³/mol. The number of anilines is 2. The quantitative estimate of drug-likeness (QED) is 0.275. The number of alkyl halides is 3. The van der Waals surface area contributed by atoms with Gasteiger partial charge in [-0.1, -0.05) is 11.6 Å². The lowest BCUT2D eigenvalue weighted by Crippen LogP contribution is -2.39. The van der Waals surface area contributed by atoms with Crippen molar-refractivity contribution in [3.63, 3.8) is 0 Å². The van der Waals surface area contributed by atoms with Crippen LogP contribution in [0.15, 0.2) is 48.7 Å². The van der Waals surface area contributed by atoms with Crippen LogP contribution < -0.4 is 24.4 Å². The minimum Gasteiger partial charge on any atom is -0.489 e. The van der Waals surface area contributed by atoms with Crippen LogP contribution in [0.25, 0.3) is 0 Å². The van der Waals surface area contributed by atoms with Gasteiger partial charge in [0.2, 0.25) is 0 Å². The Labute approximate surface area is 226 Å². The third kappa shape index (κ3) is 6.41. The lowest BCUT2D eigenvalue weighted by atomic mass is 10.0. The molecule has 5 rings (SSSR count). The van der Waals surface area contributed by atoms with E-state index in [0.717, 1.165) is 24.6 Å². The van der Waals surface area contributed by atoms with Crippen molar-refractivity contribution in [2.24, 2.45) is 0 Å². The molecular weight excluding hydrogens is 543 g/mol. The summed E-state index contributed by atoms with van der Waals surface area (Å²) >= 11 is 5.85. The largest absolute Gasteiger partial charge is 0.573 e. The van der Waals surface area contributed by atoms with Crippen LogP contribution in [-0.4, -0.2) is 52.2 Å². The number of ether oxygens (including phenoxy) is 3. The van der Waals surface area contributed by atoms with Crippen LogP contribution in [0.1, 0.15) is 19.8 Å². The van der Waals surface area contributed by atoms with Gasteiger partial charge in [-0.3, -0.25) is 4.57 Å². The second kappa shape index (κ2) is 10.4. The molecule has 1 N–H and O–H groups in total. The van der Waals surface area contributed by atoms with Gasteiger partial charge in [0.15, 0.2) is 11.4 Å². The summed E-state index contributed by atoms with van der Waals surface area (Å²) in [5, 5.41) is 14.2. The van der Waals surface area contributed by atoms with Crippen molar-refractivity contribution in [1.82, 2.24) is 9.55 Å². The second-order valence-electron chi connectivity index (χ2n) is 9.70. The molecule has 2 aliphatic rings. The zero-order valence-electron chi connectivity index (χ0n) is 20.8. The van der Waals surface area contributed by atoms with E-state index < -0.39 is 16.9 Å². The van der Waals surface area contributed by atoms with Crippen LogP contribution in [0.3, 0.4) is 0 Å². The third-order valence-electron chi connectivity index (χ3n) is 6.53. The molecule has 14 heteroatoms. The van der Waals surface area contributed by atoms with Crippen molar-refractivity contribution in [3.05, 3.63) is 63.8 Å². The van der Waals surface area contributed by atoms with E-state index in [1.165, 1.54) is 18.3 Å². The van der Waals surface area contributed by atoms with Crippen LogP contribution in [0, 0.1) is 10.1 Å². The van der Waals surface area contributed by atoms with Gasteiger partial charge < -0.3 is 34.5 Å². The normalized spacial score (nSPS) is 19.4. The SMILES string of the molecule is C[C@]1(COc2ccc(N3CCC(Nc4ccc(Cl)cc4OC(F)(F)F)CC3)cc2)Cn2cc([N+](=O)[O-])nc2O1. The summed E-state index contributed by atoms with van der Waals surface area (Å²) in [6, 6.07) is 11.9. The van der Waals surface area contributed by atoms with Crippen molar-refractivity contribution in [2.45, 2.75) is 44.3 Å². The molecule has 10 nitrogen and oxygen atoms in total. The van der Waals surface area contributed by atoms with E-state index >= 15 is 0 Å². The Balaban J connectivity index is 1.11. The van der Waals surface area contributed by atoms with Gasteiger partial charge in [0.1, 0.15) is 18.6 Å². The van der Waals surface area contributed by atoms with Crippen LogP contribution in [0.5, 0.6) is 17.5 Å². The number of nitro groups is 1. The van der Waals surface area contributed by atoms with E-state index in [0.29, 0.717) is 25.4 Å². The molecule has 39 heavy (non-hydrogen) atoms. The highest BCUT2D eigenvalue weighted by molar-refractivity contribution is 6.30. The number of hydrogen-bond acceptors (Lipinski definition) is 8. The number of fused-ring (bicyclic) bond motifs is 1. The highest BCUT2D eigenvalue weighted by atomic mass is 35.5. The first-order chi connectivity index (χ1) is 18.5. The van der Waals surface area contributed by atoms with E-state index in [2.05, 4.69) is 19.9 Å². The number of nitrogens with zero attached hydrogens (tertiary/aromatic N) is 4. The van der Waals surface area contributed by atoms with Crippen molar-refractivity contribution in [1.29, 1.82) is 0 Å². The second-order valence-corrected chi connectivity index (χ2v) is 10.1. The molecule has 1 saturated heterocycles. The minimum absolute atomic E-state index is 0.0242. The zero-order valence-corrected chi connectivity index (χ0v) is 21.5. The molecule has 3 aromatic rings. The molecule has 1 atom stereocenters. The lowest BCUT2D eigenvalue weighted by molar-refractivity contribution is -0.389. The summed E-state index contributed by atoms with van der Waals surface area (Å²) in [4.78, 5) is 16.4. The van der Waals surface area contributed by atoms with E-state index in [4.69, 9.17) is 21.1 Å². The van der Waals surface area contributed by atoms with Gasteiger partial charge in [0, 0.05) is 40.9 Å². The predicted octanol–water partition coefficient (Wildman–Crippen LogP) is 5.65. The fourth-order valence-electron chi connectivity index (χ4n) is 4.67. The van der Waals surface area contributed by atoms with Gasteiger partial charge >= 0.3 is 18.2 Å². The summed E-state index contributed by atoms with van der Waals surface area (Å²) in [6.07, 6.45) is -2.03. The Bertz CT molecular complexity index is 1320. The van der Waals surface area contributed by atoms with Gasteiger partial charge in [-0.05, 0) is 61.1 Å². The molecule has 2 aliphatic heterocycles. The van der Waals surface area contributed by atoms with Crippen LogP contribution >= 0.6 is 11.6 Å². The van der Waals surface area contributed by atoms with E-state index in [1.54, 1.807) is 4.57 Å². The number of hydrogen-bond donors (Lipinski definition) is 1. The summed E-state index contributed by atoms with van der Waals surface area (Å²) < 4.78 is 55.8. The lowest BCUT2D eigenvalue weighted by Gasteiger charge is -2.34. The Morgan fingerprint density at radius 3 is 2.59 bits per heavy atom. The van der Waals surface area contributed by atoms with E-state index in [1.807, 2.05) is 31.2 Å².